The summed E-state index contributed by atoms with van der Waals surface area (Å²) in [6.45, 7) is 6.02. The number of benzene rings is 3. The van der Waals surface area contributed by atoms with E-state index in [0.29, 0.717) is 0 Å². The number of aryl methyl sites for hydroxylation is 2. The van der Waals surface area contributed by atoms with Gasteiger partial charge in [0.2, 0.25) is 0 Å². The van der Waals surface area contributed by atoms with Gasteiger partial charge in [0, 0.05) is 5.56 Å². The van der Waals surface area contributed by atoms with Gasteiger partial charge >= 0.3 is 0 Å². The van der Waals surface area contributed by atoms with Crippen LogP contribution in [0.1, 0.15) is 52.4 Å². The lowest BCUT2D eigenvalue weighted by Gasteiger charge is -2.05. The first-order valence-electron chi connectivity index (χ1n) is 10.2. The van der Waals surface area contributed by atoms with Gasteiger partial charge in [0.25, 0.3) is 0 Å². The monoisotopic (exact) mass is 380 g/mol. The lowest BCUT2D eigenvalue weighted by atomic mass is 10.0. The maximum Gasteiger partial charge on any atom is 0.185 e. The van der Waals surface area contributed by atoms with Crippen LogP contribution in [0, 0.1) is 0 Å². The van der Waals surface area contributed by atoms with Gasteiger partial charge in [-0.15, -0.1) is 0 Å². The van der Waals surface area contributed by atoms with Gasteiger partial charge in [0.15, 0.2) is 5.78 Å². The van der Waals surface area contributed by atoms with Crippen molar-refractivity contribution >= 4 is 17.4 Å². The highest BCUT2D eigenvalue weighted by atomic mass is 16.1. The first-order valence-corrected chi connectivity index (χ1v) is 10.2. The summed E-state index contributed by atoms with van der Waals surface area (Å²) in [7, 11) is 0. The van der Waals surface area contributed by atoms with Crippen LogP contribution in [0.15, 0.2) is 91.5 Å². The summed E-state index contributed by atoms with van der Waals surface area (Å²) in [5.74, 6) is 0.0333. The molecule has 0 spiro atoms. The zero-order chi connectivity index (χ0) is 20.5. The van der Waals surface area contributed by atoms with Crippen molar-refractivity contribution < 1.29 is 4.79 Å². The molecule has 29 heavy (non-hydrogen) atoms. The number of unbranched alkanes of at least 4 members (excludes halogenated alkanes) is 1. The summed E-state index contributed by atoms with van der Waals surface area (Å²) in [6.07, 6.45) is 8.07. The normalized spacial score (nSPS) is 10.9. The van der Waals surface area contributed by atoms with E-state index in [1.54, 1.807) is 6.08 Å². The minimum Gasteiger partial charge on any atom is -0.289 e. The van der Waals surface area contributed by atoms with E-state index in [0.717, 1.165) is 29.5 Å². The van der Waals surface area contributed by atoms with Gasteiger partial charge in [-0.25, -0.2) is 0 Å². The molecular weight excluding hydrogens is 352 g/mol. The van der Waals surface area contributed by atoms with Crippen molar-refractivity contribution in [3.05, 3.63) is 119 Å². The highest BCUT2D eigenvalue weighted by molar-refractivity contribution is 6.06. The van der Waals surface area contributed by atoms with Gasteiger partial charge in [0.05, 0.1) is 0 Å². The van der Waals surface area contributed by atoms with Crippen LogP contribution in [0.25, 0.3) is 11.6 Å². The minimum absolute atomic E-state index is 0.0333. The smallest absolute Gasteiger partial charge is 0.185 e. The molecule has 146 valence electrons. The van der Waals surface area contributed by atoms with Crippen LogP contribution in [0.5, 0.6) is 0 Å². The summed E-state index contributed by atoms with van der Waals surface area (Å²) < 4.78 is 0. The molecule has 0 aliphatic heterocycles. The molecular formula is C28H28O. The van der Waals surface area contributed by atoms with E-state index in [2.05, 4.69) is 55.1 Å². The lowest BCUT2D eigenvalue weighted by molar-refractivity contribution is 0.104. The van der Waals surface area contributed by atoms with Crippen LogP contribution >= 0.6 is 0 Å². The number of rotatable bonds is 9. The van der Waals surface area contributed by atoms with Crippen molar-refractivity contribution in [1.29, 1.82) is 0 Å². The molecule has 3 aromatic carbocycles. The molecule has 0 aromatic heterocycles. The fourth-order valence-corrected chi connectivity index (χ4v) is 3.28. The molecule has 0 radical (unpaired) electrons. The molecule has 3 aromatic rings. The number of ketones is 1. The van der Waals surface area contributed by atoms with Crippen LogP contribution in [-0.4, -0.2) is 5.78 Å². The van der Waals surface area contributed by atoms with Crippen molar-refractivity contribution in [2.45, 2.75) is 32.6 Å². The fraction of sp³-hybridized carbons (Fsp3) is 0.179. The number of hydrogen-bond donors (Lipinski definition) is 0. The van der Waals surface area contributed by atoms with Crippen molar-refractivity contribution in [1.82, 2.24) is 0 Å². The zero-order valence-electron chi connectivity index (χ0n) is 17.1. The van der Waals surface area contributed by atoms with E-state index in [-0.39, 0.29) is 5.78 Å². The number of carbonyl (C=O) groups excluding carboxylic acids is 1. The second kappa shape index (κ2) is 10.4. The van der Waals surface area contributed by atoms with E-state index < -0.39 is 0 Å². The Balaban J connectivity index is 1.44. The van der Waals surface area contributed by atoms with Gasteiger partial charge in [0.1, 0.15) is 0 Å². The number of carbonyl (C=O) groups is 1. The van der Waals surface area contributed by atoms with Gasteiger partial charge < -0.3 is 0 Å². The van der Waals surface area contributed by atoms with Crippen LogP contribution in [0.4, 0.5) is 0 Å². The second-order valence-corrected chi connectivity index (χ2v) is 7.49. The van der Waals surface area contributed by atoms with Crippen LogP contribution < -0.4 is 0 Å². The average molecular weight is 381 g/mol. The second-order valence-electron chi connectivity index (χ2n) is 7.49. The third-order valence-electron chi connectivity index (χ3n) is 5.09. The van der Waals surface area contributed by atoms with E-state index in [1.165, 1.54) is 29.5 Å². The van der Waals surface area contributed by atoms with E-state index >= 15 is 0 Å². The molecule has 0 amide bonds. The first-order chi connectivity index (χ1) is 14.1. The predicted octanol–water partition coefficient (Wildman–Crippen LogP) is 7.18. The van der Waals surface area contributed by atoms with E-state index in [1.807, 2.05) is 43.3 Å². The third-order valence-corrected chi connectivity index (χ3v) is 5.09. The fourth-order valence-electron chi connectivity index (χ4n) is 3.28. The van der Waals surface area contributed by atoms with Gasteiger partial charge in [-0.2, -0.15) is 0 Å². The summed E-state index contributed by atoms with van der Waals surface area (Å²) in [6, 6.07) is 26.6. The number of hydrogen-bond acceptors (Lipinski definition) is 1. The molecule has 1 nitrogen and oxygen atoms in total. The molecule has 1 heteroatoms. The summed E-state index contributed by atoms with van der Waals surface area (Å²) in [5.41, 5.74) is 6.82. The summed E-state index contributed by atoms with van der Waals surface area (Å²) in [5, 5.41) is 0. The Hall–Kier alpha value is -3.19. The Morgan fingerprint density at radius 3 is 1.86 bits per heavy atom. The molecule has 0 heterocycles. The predicted molar refractivity (Wildman–Crippen MR) is 124 cm³/mol. The molecule has 0 aliphatic carbocycles. The molecule has 0 bridgehead atoms. The van der Waals surface area contributed by atoms with Crippen molar-refractivity contribution in [3.63, 3.8) is 0 Å². The highest BCUT2D eigenvalue weighted by Crippen LogP contribution is 2.15. The Kier molecular flexibility index (Phi) is 7.35. The van der Waals surface area contributed by atoms with Crippen molar-refractivity contribution in [2.24, 2.45) is 0 Å². The van der Waals surface area contributed by atoms with E-state index in [4.69, 9.17) is 0 Å². The van der Waals surface area contributed by atoms with Gasteiger partial charge in [-0.1, -0.05) is 97.1 Å². The summed E-state index contributed by atoms with van der Waals surface area (Å²) >= 11 is 0. The van der Waals surface area contributed by atoms with Crippen molar-refractivity contribution in [3.8, 4) is 0 Å². The molecule has 0 N–H and O–H groups in total. The molecule has 0 unspecified atom stereocenters. The lowest BCUT2D eigenvalue weighted by Crippen LogP contribution is -1.93. The quantitative estimate of drug-likeness (QED) is 0.218. The largest absolute Gasteiger partial charge is 0.289 e. The Bertz CT molecular complexity index is 961. The molecule has 3 rings (SSSR count). The van der Waals surface area contributed by atoms with Crippen LogP contribution in [-0.2, 0) is 12.8 Å². The number of allylic oxidation sites excluding steroid dienone is 2. The minimum atomic E-state index is 0.0333. The van der Waals surface area contributed by atoms with E-state index in [9.17, 15) is 4.79 Å². The van der Waals surface area contributed by atoms with Crippen LogP contribution in [0.2, 0.25) is 0 Å². The van der Waals surface area contributed by atoms with Gasteiger partial charge in [-0.05, 0) is 60.9 Å². The topological polar surface area (TPSA) is 17.1 Å². The highest BCUT2D eigenvalue weighted by Gasteiger charge is 2.00. The maximum absolute atomic E-state index is 12.1. The zero-order valence-corrected chi connectivity index (χ0v) is 17.1. The molecule has 0 saturated heterocycles. The van der Waals surface area contributed by atoms with Gasteiger partial charge in [-0.3, -0.25) is 4.79 Å². The van der Waals surface area contributed by atoms with Crippen LogP contribution in [0.3, 0.4) is 0 Å². The Morgan fingerprint density at radius 1 is 0.759 bits per heavy atom. The first kappa shape index (κ1) is 20.5. The molecule has 0 saturated carbocycles. The standard InChI is InChI=1S/C28H28O/c1-22(2)26-19-16-24(17-20-26)9-7-6-8-23-12-14-25(15-13-23)18-21-28(29)27-10-4-3-5-11-27/h3-5,10-21H,1,6-9H2,2H3. The third kappa shape index (κ3) is 6.43. The summed E-state index contributed by atoms with van der Waals surface area (Å²) in [4.78, 5) is 12.1. The van der Waals surface area contributed by atoms with Crippen molar-refractivity contribution in [2.75, 3.05) is 0 Å². The Morgan fingerprint density at radius 2 is 1.31 bits per heavy atom. The SMILES string of the molecule is C=C(C)c1ccc(CCCCc2ccc(C=CC(=O)c3ccccc3)cc2)cc1. The Labute approximate surface area is 174 Å². The molecule has 0 aliphatic rings. The molecule has 0 atom stereocenters. The maximum atomic E-state index is 12.1. The average Bonchev–Trinajstić information content (AvgIpc) is 2.77. The molecule has 0 fully saturated rings.